The summed E-state index contributed by atoms with van der Waals surface area (Å²) in [6, 6.07) is 9.67. The fourth-order valence-corrected chi connectivity index (χ4v) is 4.13. The quantitative estimate of drug-likeness (QED) is 0.871. The molecule has 0 radical (unpaired) electrons. The summed E-state index contributed by atoms with van der Waals surface area (Å²) in [6.07, 6.45) is 1.89. The van der Waals surface area contributed by atoms with Crippen molar-refractivity contribution in [3.05, 3.63) is 56.7 Å². The van der Waals surface area contributed by atoms with Gasteiger partial charge >= 0.3 is 0 Å². The third kappa shape index (κ3) is 3.26. The van der Waals surface area contributed by atoms with E-state index in [-0.39, 0.29) is 11.3 Å². The maximum Gasteiger partial charge on any atom is 0.252 e. The summed E-state index contributed by atoms with van der Waals surface area (Å²) < 4.78 is 6.34. The molecule has 0 unspecified atom stereocenters. The number of benzene rings is 1. The van der Waals surface area contributed by atoms with E-state index >= 15 is 0 Å². The van der Waals surface area contributed by atoms with E-state index < -0.39 is 0 Å². The van der Waals surface area contributed by atoms with E-state index in [2.05, 4.69) is 38.1 Å². The summed E-state index contributed by atoms with van der Waals surface area (Å²) >= 11 is 5.14. The molecule has 0 saturated carbocycles. The van der Waals surface area contributed by atoms with Crippen LogP contribution in [0, 0.1) is 0 Å². The Morgan fingerprint density at radius 1 is 1.27 bits per heavy atom. The SMILES string of the molecule is O=C(NCC1(c2ccsc2)CCOCC1)c1ccccc1Br. The van der Waals surface area contributed by atoms with E-state index in [0.29, 0.717) is 12.1 Å². The molecule has 116 valence electrons. The number of nitrogens with one attached hydrogen (secondary N) is 1. The lowest BCUT2D eigenvalue weighted by atomic mass is 9.75. The number of hydrogen-bond acceptors (Lipinski definition) is 3. The highest BCUT2D eigenvalue weighted by Crippen LogP contribution is 2.35. The van der Waals surface area contributed by atoms with E-state index in [0.717, 1.165) is 30.5 Å². The molecule has 5 heteroatoms. The van der Waals surface area contributed by atoms with Crippen molar-refractivity contribution in [1.82, 2.24) is 5.32 Å². The minimum absolute atomic E-state index is 0.00480. The average Bonchev–Trinajstić information content (AvgIpc) is 3.09. The van der Waals surface area contributed by atoms with Crippen molar-refractivity contribution in [2.45, 2.75) is 18.3 Å². The van der Waals surface area contributed by atoms with Crippen molar-refractivity contribution in [3.63, 3.8) is 0 Å². The lowest BCUT2D eigenvalue weighted by Crippen LogP contribution is -2.44. The Hall–Kier alpha value is -1.17. The van der Waals surface area contributed by atoms with E-state index in [1.165, 1.54) is 5.56 Å². The first-order chi connectivity index (χ1) is 10.7. The van der Waals surface area contributed by atoms with Gasteiger partial charge in [0.05, 0.1) is 5.56 Å². The van der Waals surface area contributed by atoms with Gasteiger partial charge in [-0.25, -0.2) is 0 Å². The van der Waals surface area contributed by atoms with E-state index in [4.69, 9.17) is 4.74 Å². The summed E-state index contributed by atoms with van der Waals surface area (Å²) in [7, 11) is 0. The van der Waals surface area contributed by atoms with Gasteiger partial charge in [0.25, 0.3) is 5.91 Å². The van der Waals surface area contributed by atoms with E-state index in [1.54, 1.807) is 11.3 Å². The maximum atomic E-state index is 12.5. The van der Waals surface area contributed by atoms with Gasteiger partial charge in [0, 0.05) is 29.6 Å². The van der Waals surface area contributed by atoms with Gasteiger partial charge in [-0.3, -0.25) is 4.79 Å². The van der Waals surface area contributed by atoms with Crippen LogP contribution in [0.5, 0.6) is 0 Å². The molecule has 1 fully saturated rings. The summed E-state index contributed by atoms with van der Waals surface area (Å²) in [6.45, 7) is 2.15. The first kappa shape index (κ1) is 15.7. The lowest BCUT2D eigenvalue weighted by molar-refractivity contribution is 0.0488. The zero-order chi connectivity index (χ0) is 15.4. The van der Waals surface area contributed by atoms with Crippen LogP contribution >= 0.6 is 27.3 Å². The number of carbonyl (C=O) groups is 1. The van der Waals surface area contributed by atoms with Crippen LogP contribution in [0.1, 0.15) is 28.8 Å². The minimum atomic E-state index is -0.0337. The second-order valence-electron chi connectivity index (χ2n) is 5.57. The summed E-state index contributed by atoms with van der Waals surface area (Å²) in [5, 5.41) is 7.41. The molecule has 1 aliphatic heterocycles. The molecule has 1 amide bonds. The molecule has 1 saturated heterocycles. The van der Waals surface area contributed by atoms with Gasteiger partial charge in [-0.2, -0.15) is 11.3 Å². The van der Waals surface area contributed by atoms with E-state index in [9.17, 15) is 4.79 Å². The summed E-state index contributed by atoms with van der Waals surface area (Å²) in [4.78, 5) is 12.5. The summed E-state index contributed by atoms with van der Waals surface area (Å²) in [5.74, 6) is -0.0337. The minimum Gasteiger partial charge on any atom is -0.381 e. The van der Waals surface area contributed by atoms with Crippen LogP contribution in [0.2, 0.25) is 0 Å². The molecular weight excluding hydrogens is 362 g/mol. The smallest absolute Gasteiger partial charge is 0.252 e. The van der Waals surface area contributed by atoms with Crippen molar-refractivity contribution in [1.29, 1.82) is 0 Å². The molecule has 1 N–H and O–H groups in total. The number of carbonyl (C=O) groups excluding carboxylic acids is 1. The van der Waals surface area contributed by atoms with Crippen LogP contribution in [0.4, 0.5) is 0 Å². The molecule has 0 spiro atoms. The van der Waals surface area contributed by atoms with Crippen molar-refractivity contribution in [2.24, 2.45) is 0 Å². The lowest BCUT2D eigenvalue weighted by Gasteiger charge is -2.37. The van der Waals surface area contributed by atoms with E-state index in [1.807, 2.05) is 24.3 Å². The van der Waals surface area contributed by atoms with Crippen molar-refractivity contribution < 1.29 is 9.53 Å². The Kier molecular flexibility index (Phi) is 4.96. The van der Waals surface area contributed by atoms with Gasteiger partial charge in [-0.1, -0.05) is 12.1 Å². The van der Waals surface area contributed by atoms with Crippen LogP contribution in [0.15, 0.2) is 45.6 Å². The fraction of sp³-hybridized carbons (Fsp3) is 0.353. The molecule has 1 aliphatic rings. The largest absolute Gasteiger partial charge is 0.381 e. The maximum absolute atomic E-state index is 12.5. The highest BCUT2D eigenvalue weighted by atomic mass is 79.9. The van der Waals surface area contributed by atoms with Crippen LogP contribution in [-0.2, 0) is 10.2 Å². The zero-order valence-electron chi connectivity index (χ0n) is 12.2. The molecule has 0 aliphatic carbocycles. The molecule has 0 bridgehead atoms. The third-order valence-electron chi connectivity index (χ3n) is 4.29. The Morgan fingerprint density at radius 3 is 2.73 bits per heavy atom. The van der Waals surface area contributed by atoms with Gasteiger partial charge in [0.2, 0.25) is 0 Å². The second-order valence-corrected chi connectivity index (χ2v) is 7.20. The Balaban J connectivity index is 1.75. The van der Waals surface area contributed by atoms with Gasteiger partial charge in [-0.15, -0.1) is 0 Å². The predicted molar refractivity (Wildman–Crippen MR) is 92.5 cm³/mol. The van der Waals surface area contributed by atoms with Crippen LogP contribution < -0.4 is 5.32 Å². The first-order valence-corrected chi connectivity index (χ1v) is 9.08. The van der Waals surface area contributed by atoms with Crippen LogP contribution in [0.25, 0.3) is 0 Å². The number of rotatable bonds is 4. The van der Waals surface area contributed by atoms with Gasteiger partial charge < -0.3 is 10.1 Å². The molecule has 22 heavy (non-hydrogen) atoms. The molecule has 1 aromatic heterocycles. The standard InChI is InChI=1S/C17H18BrNO2S/c18-15-4-2-1-3-14(15)16(20)19-12-17(6-8-21-9-7-17)13-5-10-22-11-13/h1-5,10-11H,6-9,12H2,(H,19,20). The number of hydrogen-bond donors (Lipinski definition) is 1. The summed E-state index contributed by atoms with van der Waals surface area (Å²) in [5.41, 5.74) is 1.98. The molecule has 2 heterocycles. The van der Waals surface area contributed by atoms with Gasteiger partial charge in [-0.05, 0) is 63.3 Å². The first-order valence-electron chi connectivity index (χ1n) is 7.34. The average molecular weight is 380 g/mol. The van der Waals surface area contributed by atoms with Gasteiger partial charge in [0.15, 0.2) is 0 Å². The van der Waals surface area contributed by atoms with Crippen LogP contribution in [-0.4, -0.2) is 25.7 Å². The molecule has 2 aromatic rings. The van der Waals surface area contributed by atoms with Crippen molar-refractivity contribution in [2.75, 3.05) is 19.8 Å². The fourth-order valence-electron chi connectivity index (χ4n) is 2.89. The predicted octanol–water partition coefficient (Wildman–Crippen LogP) is 3.99. The monoisotopic (exact) mass is 379 g/mol. The zero-order valence-corrected chi connectivity index (χ0v) is 14.6. The molecule has 3 nitrogen and oxygen atoms in total. The van der Waals surface area contributed by atoms with Gasteiger partial charge in [0.1, 0.15) is 0 Å². The molecular formula is C17H18BrNO2S. The highest BCUT2D eigenvalue weighted by molar-refractivity contribution is 9.10. The molecule has 3 rings (SSSR count). The number of amides is 1. The number of halogens is 1. The Labute approximate surface area is 142 Å². The van der Waals surface area contributed by atoms with Crippen molar-refractivity contribution in [3.8, 4) is 0 Å². The number of thiophene rings is 1. The van der Waals surface area contributed by atoms with Crippen molar-refractivity contribution >= 4 is 33.2 Å². The van der Waals surface area contributed by atoms with Crippen LogP contribution in [0.3, 0.4) is 0 Å². The third-order valence-corrected chi connectivity index (χ3v) is 5.66. The molecule has 0 atom stereocenters. The highest BCUT2D eigenvalue weighted by Gasteiger charge is 2.35. The molecule has 1 aromatic carbocycles. The Bertz CT molecular complexity index is 636. The topological polar surface area (TPSA) is 38.3 Å². The second kappa shape index (κ2) is 6.94. The number of ether oxygens (including phenoxy) is 1. The Morgan fingerprint density at radius 2 is 2.05 bits per heavy atom. The normalized spacial score (nSPS) is 17.1.